The highest BCUT2D eigenvalue weighted by Gasteiger charge is 2.09. The lowest BCUT2D eigenvalue weighted by Crippen LogP contribution is -1.99. The topological polar surface area (TPSA) is 79.3 Å². The van der Waals surface area contributed by atoms with Crippen LogP contribution in [-0.4, -0.2) is 18.0 Å². The summed E-state index contributed by atoms with van der Waals surface area (Å²) in [4.78, 5) is 3.89. The predicted octanol–water partition coefficient (Wildman–Crippen LogP) is 2.07. The van der Waals surface area contributed by atoms with Crippen molar-refractivity contribution in [1.29, 1.82) is 0 Å². The number of pyridine rings is 1. The summed E-state index contributed by atoms with van der Waals surface area (Å²) >= 11 is 0. The number of nitrogens with one attached hydrogen (secondary N) is 1. The van der Waals surface area contributed by atoms with Gasteiger partial charge >= 0.3 is 0 Å². The first-order valence-electron chi connectivity index (χ1n) is 4.81. The SMILES string of the molecule is O=S(=O)(O)c1cccc(Nc2ccccn2)c1. The van der Waals surface area contributed by atoms with E-state index in [0.29, 0.717) is 11.5 Å². The second-order valence-electron chi connectivity index (χ2n) is 3.34. The fraction of sp³-hybridized carbons (Fsp3) is 0. The van der Waals surface area contributed by atoms with E-state index in [2.05, 4.69) is 10.3 Å². The van der Waals surface area contributed by atoms with Gasteiger partial charge in [-0.05, 0) is 30.3 Å². The van der Waals surface area contributed by atoms with E-state index >= 15 is 0 Å². The zero-order chi connectivity index (χ0) is 12.3. The molecule has 0 amide bonds. The Kier molecular flexibility index (Phi) is 3.08. The van der Waals surface area contributed by atoms with Crippen LogP contribution in [0.1, 0.15) is 0 Å². The summed E-state index contributed by atoms with van der Waals surface area (Å²) in [5.41, 5.74) is 0.541. The lowest BCUT2D eigenvalue weighted by molar-refractivity contribution is 0.483. The van der Waals surface area contributed by atoms with Crippen molar-refractivity contribution < 1.29 is 13.0 Å². The Labute approximate surface area is 98.9 Å². The average Bonchev–Trinajstić information content (AvgIpc) is 2.29. The molecule has 1 heterocycles. The van der Waals surface area contributed by atoms with Crippen LogP contribution in [0.5, 0.6) is 0 Å². The Bertz CT molecular complexity index is 612. The van der Waals surface area contributed by atoms with Gasteiger partial charge in [-0.1, -0.05) is 12.1 Å². The van der Waals surface area contributed by atoms with Crippen molar-refractivity contribution in [2.24, 2.45) is 0 Å². The molecule has 6 heteroatoms. The van der Waals surface area contributed by atoms with Gasteiger partial charge in [-0.2, -0.15) is 8.42 Å². The van der Waals surface area contributed by atoms with Crippen molar-refractivity contribution in [2.75, 3.05) is 5.32 Å². The van der Waals surface area contributed by atoms with Gasteiger partial charge in [0.1, 0.15) is 5.82 Å². The fourth-order valence-electron chi connectivity index (χ4n) is 1.32. The predicted molar refractivity (Wildman–Crippen MR) is 63.8 cm³/mol. The quantitative estimate of drug-likeness (QED) is 0.815. The van der Waals surface area contributed by atoms with E-state index in [-0.39, 0.29) is 4.90 Å². The Hall–Kier alpha value is -1.92. The largest absolute Gasteiger partial charge is 0.340 e. The second-order valence-corrected chi connectivity index (χ2v) is 4.76. The third-order valence-corrected chi connectivity index (χ3v) is 2.92. The van der Waals surface area contributed by atoms with Crippen molar-refractivity contribution >= 4 is 21.6 Å². The minimum atomic E-state index is -4.18. The van der Waals surface area contributed by atoms with E-state index in [1.807, 2.05) is 6.07 Å². The number of hydrogen-bond donors (Lipinski definition) is 2. The van der Waals surface area contributed by atoms with Crippen LogP contribution >= 0.6 is 0 Å². The molecule has 0 aliphatic rings. The summed E-state index contributed by atoms with van der Waals surface area (Å²) in [6, 6.07) is 11.2. The number of rotatable bonds is 3. The number of benzene rings is 1. The molecule has 5 nitrogen and oxygen atoms in total. The highest BCUT2D eigenvalue weighted by Crippen LogP contribution is 2.18. The molecule has 0 saturated heterocycles. The maximum Gasteiger partial charge on any atom is 0.294 e. The van der Waals surface area contributed by atoms with Crippen LogP contribution in [0.2, 0.25) is 0 Å². The van der Waals surface area contributed by atoms with Crippen LogP contribution in [0.15, 0.2) is 53.6 Å². The summed E-state index contributed by atoms with van der Waals surface area (Å²) < 4.78 is 30.8. The van der Waals surface area contributed by atoms with E-state index in [1.54, 1.807) is 24.4 Å². The highest BCUT2D eigenvalue weighted by molar-refractivity contribution is 7.85. The Morgan fingerprint density at radius 3 is 2.59 bits per heavy atom. The van der Waals surface area contributed by atoms with E-state index < -0.39 is 10.1 Å². The third kappa shape index (κ3) is 3.02. The molecule has 2 rings (SSSR count). The van der Waals surface area contributed by atoms with Crippen molar-refractivity contribution in [2.45, 2.75) is 4.90 Å². The molecule has 0 aliphatic heterocycles. The van der Waals surface area contributed by atoms with Gasteiger partial charge in [0.15, 0.2) is 0 Å². The van der Waals surface area contributed by atoms with Gasteiger partial charge in [0.2, 0.25) is 0 Å². The van der Waals surface area contributed by atoms with Crippen LogP contribution in [0, 0.1) is 0 Å². The zero-order valence-electron chi connectivity index (χ0n) is 8.74. The normalized spacial score (nSPS) is 11.1. The Morgan fingerprint density at radius 2 is 1.94 bits per heavy atom. The van der Waals surface area contributed by atoms with E-state index in [0.717, 1.165) is 0 Å². The van der Waals surface area contributed by atoms with Crippen molar-refractivity contribution in [3.63, 3.8) is 0 Å². The zero-order valence-corrected chi connectivity index (χ0v) is 9.55. The molecule has 17 heavy (non-hydrogen) atoms. The van der Waals surface area contributed by atoms with E-state index in [9.17, 15) is 8.42 Å². The first-order chi connectivity index (χ1) is 8.05. The molecule has 0 spiro atoms. The number of nitrogens with zero attached hydrogens (tertiary/aromatic N) is 1. The van der Waals surface area contributed by atoms with Crippen LogP contribution in [0.4, 0.5) is 11.5 Å². The number of anilines is 2. The third-order valence-electron chi connectivity index (χ3n) is 2.07. The smallest absolute Gasteiger partial charge is 0.294 e. The summed E-state index contributed by atoms with van der Waals surface area (Å²) in [5.74, 6) is 0.597. The first kappa shape index (κ1) is 11.6. The molecular formula is C11H10N2O3S. The van der Waals surface area contributed by atoms with Gasteiger partial charge in [0.05, 0.1) is 4.90 Å². The minimum Gasteiger partial charge on any atom is -0.340 e. The van der Waals surface area contributed by atoms with Crippen molar-refractivity contribution in [3.05, 3.63) is 48.7 Å². The van der Waals surface area contributed by atoms with Crippen molar-refractivity contribution in [1.82, 2.24) is 4.98 Å². The molecule has 0 unspecified atom stereocenters. The summed E-state index contributed by atoms with van der Waals surface area (Å²) in [6.45, 7) is 0. The van der Waals surface area contributed by atoms with Crippen LogP contribution in [0.25, 0.3) is 0 Å². The van der Waals surface area contributed by atoms with Gasteiger partial charge in [0, 0.05) is 11.9 Å². The molecule has 2 aromatic rings. The molecule has 0 radical (unpaired) electrons. The molecule has 0 saturated carbocycles. The summed E-state index contributed by atoms with van der Waals surface area (Å²) in [6.07, 6.45) is 1.62. The summed E-state index contributed by atoms with van der Waals surface area (Å²) in [7, 11) is -4.18. The molecule has 0 aliphatic carbocycles. The highest BCUT2D eigenvalue weighted by atomic mass is 32.2. The molecule has 0 fully saturated rings. The van der Waals surface area contributed by atoms with Crippen molar-refractivity contribution in [3.8, 4) is 0 Å². The molecular weight excluding hydrogens is 240 g/mol. The van der Waals surface area contributed by atoms with Gasteiger partial charge in [-0.15, -0.1) is 0 Å². The van der Waals surface area contributed by atoms with Crippen LogP contribution < -0.4 is 5.32 Å². The molecule has 0 bridgehead atoms. The molecule has 1 aromatic heterocycles. The van der Waals surface area contributed by atoms with E-state index in [4.69, 9.17) is 4.55 Å². The number of aromatic nitrogens is 1. The Balaban J connectivity index is 2.29. The maximum atomic E-state index is 10.9. The average molecular weight is 250 g/mol. The number of hydrogen-bond acceptors (Lipinski definition) is 4. The van der Waals surface area contributed by atoms with Crippen LogP contribution in [-0.2, 0) is 10.1 Å². The van der Waals surface area contributed by atoms with Gasteiger partial charge in [-0.3, -0.25) is 4.55 Å². The molecule has 88 valence electrons. The molecule has 1 aromatic carbocycles. The van der Waals surface area contributed by atoms with E-state index in [1.165, 1.54) is 18.2 Å². The first-order valence-corrected chi connectivity index (χ1v) is 6.25. The lowest BCUT2D eigenvalue weighted by Gasteiger charge is -2.05. The minimum absolute atomic E-state index is 0.154. The molecule has 0 atom stereocenters. The summed E-state index contributed by atoms with van der Waals surface area (Å²) in [5, 5.41) is 2.93. The Morgan fingerprint density at radius 1 is 1.12 bits per heavy atom. The van der Waals surface area contributed by atoms with Gasteiger partial charge < -0.3 is 5.32 Å². The lowest BCUT2D eigenvalue weighted by atomic mass is 10.3. The monoisotopic (exact) mass is 250 g/mol. The standard InChI is InChI=1S/C11H10N2O3S/c14-17(15,16)10-5-3-4-9(8-10)13-11-6-1-2-7-12-11/h1-8H,(H,12,13)(H,14,15,16). The maximum absolute atomic E-state index is 10.9. The fourth-order valence-corrected chi connectivity index (χ4v) is 1.85. The van der Waals surface area contributed by atoms with Gasteiger partial charge in [0.25, 0.3) is 10.1 Å². The second kappa shape index (κ2) is 4.52. The molecule has 2 N–H and O–H groups in total. The van der Waals surface area contributed by atoms with Crippen LogP contribution in [0.3, 0.4) is 0 Å². The van der Waals surface area contributed by atoms with Gasteiger partial charge in [-0.25, -0.2) is 4.98 Å².